The lowest BCUT2D eigenvalue weighted by Crippen LogP contribution is -2.31. The van der Waals surface area contributed by atoms with Crippen molar-refractivity contribution in [2.24, 2.45) is 5.73 Å². The van der Waals surface area contributed by atoms with E-state index in [2.05, 4.69) is 5.32 Å². The Labute approximate surface area is 107 Å². The van der Waals surface area contributed by atoms with Crippen LogP contribution in [0.4, 0.5) is 5.69 Å². The summed E-state index contributed by atoms with van der Waals surface area (Å²) in [7, 11) is 0. The van der Waals surface area contributed by atoms with Crippen molar-refractivity contribution in [2.45, 2.75) is 32.4 Å². The van der Waals surface area contributed by atoms with Crippen LogP contribution in [0.15, 0.2) is 24.3 Å². The van der Waals surface area contributed by atoms with E-state index in [0.29, 0.717) is 6.54 Å². The average Bonchev–Trinajstić information content (AvgIpc) is 2.26. The summed E-state index contributed by atoms with van der Waals surface area (Å²) in [5.41, 5.74) is 6.55. The van der Waals surface area contributed by atoms with E-state index >= 15 is 0 Å². The predicted octanol–water partition coefficient (Wildman–Crippen LogP) is 1.69. The van der Waals surface area contributed by atoms with E-state index in [-0.39, 0.29) is 12.5 Å². The van der Waals surface area contributed by atoms with Gasteiger partial charge in [-0.1, -0.05) is 0 Å². The fraction of sp³-hybridized carbons (Fsp3) is 0.462. The summed E-state index contributed by atoms with van der Waals surface area (Å²) in [4.78, 5) is 10.4. The quantitative estimate of drug-likeness (QED) is 0.687. The van der Waals surface area contributed by atoms with E-state index in [1.807, 2.05) is 38.1 Å². The zero-order valence-electron chi connectivity index (χ0n) is 10.7. The normalized spacial score (nSPS) is 12.2. The first kappa shape index (κ1) is 14.3. The zero-order chi connectivity index (χ0) is 13.5. The highest BCUT2D eigenvalue weighted by atomic mass is 16.5. The molecule has 0 amide bonds. The van der Waals surface area contributed by atoms with Gasteiger partial charge in [-0.15, -0.1) is 0 Å². The number of aliphatic carboxylic acids is 1. The molecule has 0 aliphatic carbocycles. The van der Waals surface area contributed by atoms with Crippen molar-refractivity contribution in [3.05, 3.63) is 24.3 Å². The summed E-state index contributed by atoms with van der Waals surface area (Å²) in [5.74, 6) is -0.0737. The van der Waals surface area contributed by atoms with Crippen molar-refractivity contribution in [3.8, 4) is 5.75 Å². The maximum absolute atomic E-state index is 10.4. The minimum Gasteiger partial charge on any atom is -0.491 e. The maximum atomic E-state index is 10.4. The second-order valence-corrected chi connectivity index (χ2v) is 4.43. The summed E-state index contributed by atoms with van der Waals surface area (Å²) >= 11 is 0. The van der Waals surface area contributed by atoms with Crippen LogP contribution in [-0.2, 0) is 4.79 Å². The van der Waals surface area contributed by atoms with Crippen molar-refractivity contribution in [2.75, 3.05) is 11.9 Å². The van der Waals surface area contributed by atoms with Crippen LogP contribution in [0.3, 0.4) is 0 Å². The number of carboxylic acid groups (broad SMARTS) is 1. The van der Waals surface area contributed by atoms with Gasteiger partial charge >= 0.3 is 5.97 Å². The summed E-state index contributed by atoms with van der Waals surface area (Å²) in [6, 6.07) is 7.10. The molecule has 4 N–H and O–H groups in total. The van der Waals surface area contributed by atoms with E-state index < -0.39 is 12.0 Å². The largest absolute Gasteiger partial charge is 0.491 e. The molecule has 1 rings (SSSR count). The van der Waals surface area contributed by atoms with Crippen molar-refractivity contribution >= 4 is 11.7 Å². The van der Waals surface area contributed by atoms with Crippen LogP contribution in [0.25, 0.3) is 0 Å². The van der Waals surface area contributed by atoms with Crippen LogP contribution in [0.1, 0.15) is 20.3 Å². The predicted molar refractivity (Wildman–Crippen MR) is 70.9 cm³/mol. The van der Waals surface area contributed by atoms with Gasteiger partial charge in [-0.2, -0.15) is 0 Å². The fourth-order valence-corrected chi connectivity index (χ4v) is 1.47. The molecule has 0 spiro atoms. The number of carbonyl (C=O) groups is 1. The SMILES string of the molecule is CC(C)Oc1ccc(NCC(N)CC(=O)O)cc1. The molecule has 0 aromatic heterocycles. The van der Waals surface area contributed by atoms with Gasteiger partial charge in [0.15, 0.2) is 0 Å². The lowest BCUT2D eigenvalue weighted by atomic mass is 10.2. The lowest BCUT2D eigenvalue weighted by molar-refractivity contribution is -0.137. The van der Waals surface area contributed by atoms with Gasteiger partial charge in [0, 0.05) is 18.3 Å². The Balaban J connectivity index is 2.41. The topological polar surface area (TPSA) is 84.6 Å². The molecule has 1 unspecified atom stereocenters. The van der Waals surface area contributed by atoms with Gasteiger partial charge in [0.2, 0.25) is 0 Å². The third-order valence-corrected chi connectivity index (χ3v) is 2.23. The molecule has 5 heteroatoms. The first-order valence-corrected chi connectivity index (χ1v) is 5.95. The second-order valence-electron chi connectivity index (χ2n) is 4.43. The highest BCUT2D eigenvalue weighted by Gasteiger charge is 2.07. The Kier molecular flexibility index (Phi) is 5.45. The summed E-state index contributed by atoms with van der Waals surface area (Å²) in [6.45, 7) is 4.37. The number of hydrogen-bond donors (Lipinski definition) is 3. The molecule has 0 radical (unpaired) electrons. The molecule has 0 aliphatic rings. The fourth-order valence-electron chi connectivity index (χ4n) is 1.47. The Morgan fingerprint density at radius 1 is 1.39 bits per heavy atom. The molecule has 0 heterocycles. The molecule has 18 heavy (non-hydrogen) atoms. The second kappa shape index (κ2) is 6.86. The highest BCUT2D eigenvalue weighted by Crippen LogP contribution is 2.16. The summed E-state index contributed by atoms with van der Waals surface area (Å²) < 4.78 is 5.52. The van der Waals surface area contributed by atoms with Crippen molar-refractivity contribution < 1.29 is 14.6 Å². The van der Waals surface area contributed by atoms with Gasteiger partial charge in [-0.05, 0) is 38.1 Å². The molecule has 0 fully saturated rings. The third kappa shape index (κ3) is 5.54. The maximum Gasteiger partial charge on any atom is 0.304 e. The Morgan fingerprint density at radius 3 is 2.50 bits per heavy atom. The Hall–Kier alpha value is -1.75. The number of nitrogens with two attached hydrogens (primary N) is 1. The van der Waals surface area contributed by atoms with Crippen LogP contribution in [0, 0.1) is 0 Å². The first-order valence-electron chi connectivity index (χ1n) is 5.95. The molecular formula is C13H20N2O3. The van der Waals surface area contributed by atoms with E-state index in [4.69, 9.17) is 15.6 Å². The van der Waals surface area contributed by atoms with E-state index in [0.717, 1.165) is 11.4 Å². The molecule has 100 valence electrons. The van der Waals surface area contributed by atoms with Gasteiger partial charge in [0.1, 0.15) is 5.75 Å². The number of hydrogen-bond acceptors (Lipinski definition) is 4. The molecule has 5 nitrogen and oxygen atoms in total. The van der Waals surface area contributed by atoms with Crippen LogP contribution >= 0.6 is 0 Å². The number of rotatable bonds is 7. The van der Waals surface area contributed by atoms with Crippen LogP contribution in [-0.4, -0.2) is 29.8 Å². The minimum atomic E-state index is -0.884. The van der Waals surface area contributed by atoms with Crippen LogP contribution < -0.4 is 15.8 Å². The molecule has 0 aliphatic heterocycles. The van der Waals surface area contributed by atoms with Gasteiger partial charge in [0.05, 0.1) is 12.5 Å². The minimum absolute atomic E-state index is 0.0401. The van der Waals surface area contributed by atoms with E-state index in [9.17, 15) is 4.79 Å². The third-order valence-electron chi connectivity index (χ3n) is 2.23. The average molecular weight is 252 g/mol. The number of benzene rings is 1. The zero-order valence-corrected chi connectivity index (χ0v) is 10.7. The monoisotopic (exact) mass is 252 g/mol. The van der Waals surface area contributed by atoms with Gasteiger partial charge in [-0.25, -0.2) is 0 Å². The number of ether oxygens (including phenoxy) is 1. The Bertz CT molecular complexity index is 376. The molecule has 0 saturated heterocycles. The summed E-state index contributed by atoms with van der Waals surface area (Å²) in [5, 5.41) is 11.7. The Morgan fingerprint density at radius 2 is 2.00 bits per heavy atom. The standard InChI is InChI=1S/C13H20N2O3/c1-9(2)18-12-5-3-11(4-6-12)15-8-10(14)7-13(16)17/h3-6,9-10,15H,7-8,14H2,1-2H3,(H,16,17). The molecule has 0 saturated carbocycles. The van der Waals surface area contributed by atoms with Crippen molar-refractivity contribution in [3.63, 3.8) is 0 Å². The number of anilines is 1. The number of carboxylic acids is 1. The first-order chi connectivity index (χ1) is 8.47. The summed E-state index contributed by atoms with van der Waals surface area (Å²) in [6.07, 6.45) is 0.106. The van der Waals surface area contributed by atoms with Crippen LogP contribution in [0.2, 0.25) is 0 Å². The molecular weight excluding hydrogens is 232 g/mol. The van der Waals surface area contributed by atoms with Crippen LogP contribution in [0.5, 0.6) is 5.75 Å². The smallest absolute Gasteiger partial charge is 0.304 e. The molecule has 0 bridgehead atoms. The van der Waals surface area contributed by atoms with Gasteiger partial charge in [0.25, 0.3) is 0 Å². The molecule has 1 atom stereocenters. The van der Waals surface area contributed by atoms with E-state index in [1.54, 1.807) is 0 Å². The molecule has 1 aromatic carbocycles. The van der Waals surface area contributed by atoms with Crippen molar-refractivity contribution in [1.29, 1.82) is 0 Å². The lowest BCUT2D eigenvalue weighted by Gasteiger charge is -2.13. The van der Waals surface area contributed by atoms with Crippen molar-refractivity contribution in [1.82, 2.24) is 0 Å². The van der Waals surface area contributed by atoms with Gasteiger partial charge in [-0.3, -0.25) is 4.79 Å². The van der Waals surface area contributed by atoms with E-state index in [1.165, 1.54) is 0 Å². The highest BCUT2D eigenvalue weighted by molar-refractivity contribution is 5.67. The number of nitrogens with one attached hydrogen (secondary N) is 1. The molecule has 1 aromatic rings. The van der Waals surface area contributed by atoms with Gasteiger partial charge < -0.3 is 20.9 Å².